The fourth-order valence-electron chi connectivity index (χ4n) is 3.37. The van der Waals surface area contributed by atoms with Crippen molar-refractivity contribution < 1.29 is 13.2 Å². The zero-order valence-corrected chi connectivity index (χ0v) is 16.6. The summed E-state index contributed by atoms with van der Waals surface area (Å²) in [6, 6.07) is 0. The van der Waals surface area contributed by atoms with Crippen molar-refractivity contribution in [2.24, 2.45) is 16.8 Å². The number of morpholine rings is 1. The lowest BCUT2D eigenvalue weighted by Crippen LogP contribution is -2.50. The smallest absolute Gasteiger partial charge is 0.191 e. The maximum Gasteiger partial charge on any atom is 0.191 e. The monoisotopic (exact) mass is 374 g/mol. The second-order valence-electron chi connectivity index (χ2n) is 7.52. The topological polar surface area (TPSA) is 83.0 Å². The molecule has 8 heteroatoms. The lowest BCUT2D eigenvalue weighted by atomic mass is 10.1. The van der Waals surface area contributed by atoms with E-state index < -0.39 is 9.84 Å². The molecule has 0 radical (unpaired) electrons. The molecule has 2 fully saturated rings. The summed E-state index contributed by atoms with van der Waals surface area (Å²) < 4.78 is 29.0. The maximum absolute atomic E-state index is 11.5. The molecular formula is C17H34N4O3S. The second-order valence-corrected chi connectivity index (χ2v) is 9.74. The van der Waals surface area contributed by atoms with Crippen LogP contribution in [0.4, 0.5) is 0 Å². The van der Waals surface area contributed by atoms with Crippen LogP contribution in [0.5, 0.6) is 0 Å². The molecule has 146 valence electrons. The fraction of sp³-hybridized carbons (Fsp3) is 0.941. The van der Waals surface area contributed by atoms with Gasteiger partial charge in [-0.15, -0.1) is 0 Å². The van der Waals surface area contributed by atoms with Gasteiger partial charge in [0.25, 0.3) is 0 Å². The molecule has 2 heterocycles. The van der Waals surface area contributed by atoms with E-state index in [-0.39, 0.29) is 17.8 Å². The summed E-state index contributed by atoms with van der Waals surface area (Å²) >= 11 is 0. The number of hydrogen-bond acceptors (Lipinski definition) is 5. The average Bonchev–Trinajstić information content (AvgIpc) is 2.89. The van der Waals surface area contributed by atoms with E-state index in [0.29, 0.717) is 24.8 Å². The molecule has 2 aliphatic rings. The Kier molecular flexibility index (Phi) is 7.96. The third-order valence-electron chi connectivity index (χ3n) is 4.52. The Labute approximate surface area is 152 Å². The second kappa shape index (κ2) is 9.73. The number of hydrogen-bond donors (Lipinski definition) is 2. The number of rotatable bonds is 7. The van der Waals surface area contributed by atoms with Crippen LogP contribution in [0.1, 0.15) is 27.2 Å². The van der Waals surface area contributed by atoms with Crippen LogP contribution in [0.2, 0.25) is 0 Å². The predicted molar refractivity (Wildman–Crippen MR) is 102 cm³/mol. The van der Waals surface area contributed by atoms with Crippen LogP contribution in [-0.2, 0) is 14.6 Å². The quantitative estimate of drug-likeness (QED) is 0.494. The maximum atomic E-state index is 11.5. The SMILES string of the molecule is CCNC(=NCC1CCS(=O)(=O)C1)NCC1CN(CC(C)C)CCO1. The van der Waals surface area contributed by atoms with Crippen molar-refractivity contribution in [3.8, 4) is 0 Å². The van der Waals surface area contributed by atoms with E-state index in [4.69, 9.17) is 4.74 Å². The van der Waals surface area contributed by atoms with E-state index >= 15 is 0 Å². The average molecular weight is 375 g/mol. The number of sulfone groups is 1. The van der Waals surface area contributed by atoms with Crippen LogP contribution in [0.3, 0.4) is 0 Å². The minimum absolute atomic E-state index is 0.146. The van der Waals surface area contributed by atoms with Gasteiger partial charge in [-0.3, -0.25) is 9.89 Å². The van der Waals surface area contributed by atoms with Crippen LogP contribution in [0.25, 0.3) is 0 Å². The summed E-state index contributed by atoms with van der Waals surface area (Å²) in [5.41, 5.74) is 0. The van der Waals surface area contributed by atoms with Crippen molar-refractivity contribution in [2.45, 2.75) is 33.3 Å². The zero-order chi connectivity index (χ0) is 18.3. The number of nitrogens with zero attached hydrogens (tertiary/aromatic N) is 2. The van der Waals surface area contributed by atoms with E-state index in [1.165, 1.54) is 0 Å². The standard InChI is InChI=1S/C17H34N4O3S/c1-4-18-17(19-9-15-5-8-25(22,23)13-15)20-10-16-12-21(6-7-24-16)11-14(2)3/h14-16H,4-13H2,1-3H3,(H2,18,19,20). The van der Waals surface area contributed by atoms with E-state index in [2.05, 4.69) is 34.4 Å². The Bertz CT molecular complexity index is 536. The largest absolute Gasteiger partial charge is 0.374 e. The highest BCUT2D eigenvalue weighted by Crippen LogP contribution is 2.18. The Hall–Kier alpha value is -0.860. The van der Waals surface area contributed by atoms with Gasteiger partial charge < -0.3 is 15.4 Å². The molecule has 2 aliphatic heterocycles. The van der Waals surface area contributed by atoms with E-state index in [0.717, 1.165) is 45.2 Å². The molecule has 7 nitrogen and oxygen atoms in total. The molecule has 0 bridgehead atoms. The predicted octanol–water partition coefficient (Wildman–Crippen LogP) is 0.333. The van der Waals surface area contributed by atoms with E-state index in [1.807, 2.05) is 6.92 Å². The molecule has 0 spiro atoms. The highest BCUT2D eigenvalue weighted by molar-refractivity contribution is 7.91. The lowest BCUT2D eigenvalue weighted by molar-refractivity contribution is -0.0284. The third-order valence-corrected chi connectivity index (χ3v) is 6.36. The first-order chi connectivity index (χ1) is 11.9. The first-order valence-corrected chi connectivity index (χ1v) is 11.3. The molecule has 0 aromatic heterocycles. The van der Waals surface area contributed by atoms with Crippen molar-refractivity contribution in [2.75, 3.05) is 57.4 Å². The van der Waals surface area contributed by atoms with Gasteiger partial charge in [-0.1, -0.05) is 13.8 Å². The van der Waals surface area contributed by atoms with Gasteiger partial charge in [0, 0.05) is 39.3 Å². The molecule has 0 amide bonds. The summed E-state index contributed by atoms with van der Waals surface area (Å²) in [5.74, 6) is 2.13. The molecule has 2 rings (SSSR count). The molecule has 0 aromatic carbocycles. The summed E-state index contributed by atoms with van der Waals surface area (Å²) in [4.78, 5) is 7.03. The lowest BCUT2D eigenvalue weighted by Gasteiger charge is -2.34. The van der Waals surface area contributed by atoms with Gasteiger partial charge in [-0.05, 0) is 25.2 Å². The van der Waals surface area contributed by atoms with Crippen LogP contribution in [0, 0.1) is 11.8 Å². The molecule has 2 N–H and O–H groups in total. The zero-order valence-electron chi connectivity index (χ0n) is 15.8. The molecule has 2 atom stereocenters. The Balaban J connectivity index is 1.79. The Morgan fingerprint density at radius 3 is 2.80 bits per heavy atom. The minimum Gasteiger partial charge on any atom is -0.374 e. The number of ether oxygens (including phenoxy) is 1. The van der Waals surface area contributed by atoms with Crippen molar-refractivity contribution in [3.63, 3.8) is 0 Å². The third kappa shape index (κ3) is 7.50. The highest BCUT2D eigenvalue weighted by Gasteiger charge is 2.27. The number of nitrogens with one attached hydrogen (secondary N) is 2. The van der Waals surface area contributed by atoms with Gasteiger partial charge in [-0.25, -0.2) is 8.42 Å². The van der Waals surface area contributed by atoms with Crippen molar-refractivity contribution >= 4 is 15.8 Å². The van der Waals surface area contributed by atoms with Crippen molar-refractivity contribution in [3.05, 3.63) is 0 Å². The normalized spacial score (nSPS) is 27.6. The van der Waals surface area contributed by atoms with Crippen molar-refractivity contribution in [1.82, 2.24) is 15.5 Å². The molecular weight excluding hydrogens is 340 g/mol. The summed E-state index contributed by atoms with van der Waals surface area (Å²) in [7, 11) is -2.84. The molecule has 0 saturated carbocycles. The number of aliphatic imine (C=N–C) groups is 1. The first kappa shape index (κ1) is 20.5. The highest BCUT2D eigenvalue weighted by atomic mass is 32.2. The van der Waals surface area contributed by atoms with Crippen molar-refractivity contribution in [1.29, 1.82) is 0 Å². The minimum atomic E-state index is -2.84. The first-order valence-electron chi connectivity index (χ1n) is 9.44. The van der Waals surface area contributed by atoms with E-state index in [1.54, 1.807) is 0 Å². The summed E-state index contributed by atoms with van der Waals surface area (Å²) in [5, 5.41) is 6.58. The van der Waals surface area contributed by atoms with Crippen LogP contribution >= 0.6 is 0 Å². The van der Waals surface area contributed by atoms with Crippen LogP contribution in [0.15, 0.2) is 4.99 Å². The molecule has 0 aromatic rings. The molecule has 2 saturated heterocycles. The van der Waals surface area contributed by atoms with Gasteiger partial charge in [0.1, 0.15) is 0 Å². The van der Waals surface area contributed by atoms with Gasteiger partial charge in [-0.2, -0.15) is 0 Å². The van der Waals surface area contributed by atoms with Gasteiger partial charge in [0.2, 0.25) is 0 Å². The van der Waals surface area contributed by atoms with Gasteiger partial charge in [0.05, 0.1) is 24.2 Å². The summed E-state index contributed by atoms with van der Waals surface area (Å²) in [6.45, 7) is 12.4. The molecule has 25 heavy (non-hydrogen) atoms. The fourth-order valence-corrected chi connectivity index (χ4v) is 5.22. The van der Waals surface area contributed by atoms with Crippen LogP contribution in [-0.4, -0.2) is 82.8 Å². The van der Waals surface area contributed by atoms with Crippen LogP contribution < -0.4 is 10.6 Å². The number of guanidine groups is 1. The van der Waals surface area contributed by atoms with Gasteiger partial charge in [0.15, 0.2) is 15.8 Å². The molecule has 0 aliphatic carbocycles. The summed E-state index contributed by atoms with van der Waals surface area (Å²) in [6.07, 6.45) is 0.879. The van der Waals surface area contributed by atoms with Gasteiger partial charge >= 0.3 is 0 Å². The Morgan fingerprint density at radius 1 is 1.36 bits per heavy atom. The molecule has 2 unspecified atom stereocenters. The Morgan fingerprint density at radius 2 is 2.16 bits per heavy atom. The van der Waals surface area contributed by atoms with E-state index in [9.17, 15) is 8.42 Å².